The van der Waals surface area contributed by atoms with E-state index in [4.69, 9.17) is 0 Å². The van der Waals surface area contributed by atoms with Crippen molar-refractivity contribution >= 4 is 61.4 Å². The number of hydrogen-bond donors (Lipinski definition) is 0. The molecule has 4 rings (SSSR count). The van der Waals surface area contributed by atoms with Crippen LogP contribution >= 0.6 is 0 Å². The molecule has 0 aliphatic rings. The van der Waals surface area contributed by atoms with E-state index in [-0.39, 0.29) is 23.1 Å². The van der Waals surface area contributed by atoms with Crippen molar-refractivity contribution in [2.24, 2.45) is 0 Å². The van der Waals surface area contributed by atoms with Gasteiger partial charge >= 0.3 is 23.1 Å². The standard InChI is InChI=1S/2C16H19Si.Mg/c2*1-16(2,3)17(14-10-6-4-7-11-14)15-12-8-5-9-13-15;/h2*4-13H,1-3H3;/q2*-1;+2. The van der Waals surface area contributed by atoms with Crippen molar-refractivity contribution in [3.05, 3.63) is 121 Å². The molecule has 0 saturated heterocycles. The van der Waals surface area contributed by atoms with Crippen LogP contribution in [0.25, 0.3) is 0 Å². The van der Waals surface area contributed by atoms with Crippen LogP contribution in [-0.4, -0.2) is 40.6 Å². The van der Waals surface area contributed by atoms with Crippen LogP contribution in [-0.2, 0) is 0 Å². The van der Waals surface area contributed by atoms with E-state index in [0.29, 0.717) is 10.1 Å². The van der Waals surface area contributed by atoms with Crippen molar-refractivity contribution in [1.29, 1.82) is 0 Å². The van der Waals surface area contributed by atoms with Gasteiger partial charge in [-0.05, 0) is 0 Å². The molecule has 0 unspecified atom stereocenters. The molecule has 0 nitrogen and oxygen atoms in total. The summed E-state index contributed by atoms with van der Waals surface area (Å²) in [5.41, 5.74) is 0. The molecule has 0 aromatic heterocycles. The predicted octanol–water partition coefficient (Wildman–Crippen LogP) is 5.81. The molecule has 0 aliphatic heterocycles. The quantitative estimate of drug-likeness (QED) is 0.309. The summed E-state index contributed by atoms with van der Waals surface area (Å²) in [6.45, 7) is 14.1. The summed E-state index contributed by atoms with van der Waals surface area (Å²) in [5.74, 6) is 0. The second-order valence-corrected chi connectivity index (χ2v) is 17.5. The largest absolute Gasteiger partial charge is 2.00 e. The fraction of sp³-hybridized carbons (Fsp3) is 0.250. The van der Waals surface area contributed by atoms with E-state index in [1.165, 1.54) is 20.7 Å². The van der Waals surface area contributed by atoms with Gasteiger partial charge in [0.2, 0.25) is 0 Å². The van der Waals surface area contributed by atoms with Crippen molar-refractivity contribution < 1.29 is 0 Å². The Bertz CT molecular complexity index is 928. The zero-order valence-corrected chi connectivity index (χ0v) is 25.7. The molecular formula is C32H38MgSi2. The Morgan fingerprint density at radius 3 is 0.657 bits per heavy atom. The molecule has 0 amide bonds. The van der Waals surface area contributed by atoms with Gasteiger partial charge in [-0.2, -0.15) is 20.7 Å². The molecule has 0 spiro atoms. The normalized spacial score (nSPS) is 10.9. The summed E-state index contributed by atoms with van der Waals surface area (Å²) in [5, 5.41) is 6.64. The van der Waals surface area contributed by atoms with Crippen molar-refractivity contribution in [3.8, 4) is 0 Å². The van der Waals surface area contributed by atoms with Gasteiger partial charge in [0.05, 0.1) is 0 Å². The van der Waals surface area contributed by atoms with Crippen LogP contribution in [0.4, 0.5) is 0 Å². The third kappa shape index (κ3) is 8.60. The molecule has 35 heavy (non-hydrogen) atoms. The van der Waals surface area contributed by atoms with E-state index in [2.05, 4.69) is 163 Å². The molecule has 4 aromatic carbocycles. The fourth-order valence-corrected chi connectivity index (χ4v) is 10.7. The second-order valence-electron chi connectivity index (χ2n) is 10.7. The molecule has 0 atom stereocenters. The average molecular weight is 503 g/mol. The molecule has 176 valence electrons. The molecule has 0 saturated carbocycles. The summed E-state index contributed by atoms with van der Waals surface area (Å²) in [4.78, 5) is 0. The van der Waals surface area contributed by atoms with E-state index in [1.807, 2.05) is 0 Å². The Balaban J connectivity index is 0.000000240. The van der Waals surface area contributed by atoms with E-state index in [9.17, 15) is 0 Å². The Hall–Kier alpha value is -1.92. The summed E-state index contributed by atoms with van der Waals surface area (Å²) in [6.07, 6.45) is 0. The monoisotopic (exact) mass is 502 g/mol. The van der Waals surface area contributed by atoms with Crippen LogP contribution in [0, 0.1) is 0 Å². The minimum atomic E-state index is -0.715. The SMILES string of the molecule is CC(C)(C)[Si-](c1ccccc1)c1ccccc1.CC(C)(C)[Si-](c1ccccc1)c1ccccc1.[Mg+2]. The first kappa shape index (κ1) is 29.3. The minimum Gasteiger partial charge on any atom is -0.245 e. The van der Waals surface area contributed by atoms with Gasteiger partial charge in [-0.25, -0.2) is 17.6 Å². The molecule has 3 heteroatoms. The van der Waals surface area contributed by atoms with Gasteiger partial charge in [-0.3, -0.25) is 0 Å². The van der Waals surface area contributed by atoms with Crippen LogP contribution in [0.1, 0.15) is 41.5 Å². The first-order valence-electron chi connectivity index (χ1n) is 12.1. The minimum absolute atomic E-state index is 0. The molecule has 0 heterocycles. The average Bonchev–Trinajstić information content (AvgIpc) is 2.81. The molecule has 4 aromatic rings. The Kier molecular flexibility index (Phi) is 11.2. The Morgan fingerprint density at radius 1 is 0.343 bits per heavy atom. The molecular weight excluding hydrogens is 465 g/mol. The van der Waals surface area contributed by atoms with Crippen molar-refractivity contribution in [2.45, 2.75) is 51.6 Å². The molecule has 0 bridgehead atoms. The van der Waals surface area contributed by atoms with E-state index in [0.717, 1.165) is 0 Å². The number of hydrogen-bond acceptors (Lipinski definition) is 0. The van der Waals surface area contributed by atoms with Gasteiger partial charge in [-0.15, -0.1) is 10.1 Å². The maximum Gasteiger partial charge on any atom is 2.00 e. The summed E-state index contributed by atoms with van der Waals surface area (Å²) in [7, 11) is -1.43. The summed E-state index contributed by atoms with van der Waals surface area (Å²) < 4.78 is 0. The van der Waals surface area contributed by atoms with Gasteiger partial charge in [0.25, 0.3) is 0 Å². The van der Waals surface area contributed by atoms with E-state index < -0.39 is 17.6 Å². The summed E-state index contributed by atoms with van der Waals surface area (Å²) in [6, 6.07) is 43.7. The van der Waals surface area contributed by atoms with Gasteiger partial charge in [0.1, 0.15) is 0 Å². The third-order valence-corrected chi connectivity index (χ3v) is 12.4. The van der Waals surface area contributed by atoms with Crippen molar-refractivity contribution in [3.63, 3.8) is 0 Å². The maximum atomic E-state index is 2.35. The van der Waals surface area contributed by atoms with E-state index in [1.54, 1.807) is 0 Å². The molecule has 0 radical (unpaired) electrons. The van der Waals surface area contributed by atoms with E-state index >= 15 is 0 Å². The fourth-order valence-electron chi connectivity index (χ4n) is 4.48. The molecule has 0 N–H and O–H groups in total. The molecule has 0 fully saturated rings. The van der Waals surface area contributed by atoms with Gasteiger partial charge < -0.3 is 0 Å². The van der Waals surface area contributed by atoms with Gasteiger partial charge in [0.15, 0.2) is 0 Å². The van der Waals surface area contributed by atoms with Crippen molar-refractivity contribution in [2.75, 3.05) is 0 Å². The maximum absolute atomic E-state index is 2.35. The van der Waals surface area contributed by atoms with Gasteiger partial charge in [0, 0.05) is 0 Å². The van der Waals surface area contributed by atoms with Crippen LogP contribution in [0.5, 0.6) is 0 Å². The summed E-state index contributed by atoms with van der Waals surface area (Å²) >= 11 is 0. The third-order valence-electron chi connectivity index (χ3n) is 5.75. The Morgan fingerprint density at radius 2 is 0.514 bits per heavy atom. The predicted molar refractivity (Wildman–Crippen MR) is 161 cm³/mol. The van der Waals surface area contributed by atoms with Crippen LogP contribution in [0.15, 0.2) is 121 Å². The first-order valence-corrected chi connectivity index (χ1v) is 15.1. The topological polar surface area (TPSA) is 0 Å². The zero-order valence-electron chi connectivity index (χ0n) is 22.3. The van der Waals surface area contributed by atoms with Crippen LogP contribution in [0.3, 0.4) is 0 Å². The second kappa shape index (κ2) is 13.4. The van der Waals surface area contributed by atoms with Crippen LogP contribution < -0.4 is 20.7 Å². The number of benzene rings is 4. The zero-order chi connectivity index (χ0) is 24.6. The van der Waals surface area contributed by atoms with Crippen molar-refractivity contribution in [1.82, 2.24) is 0 Å². The molecule has 0 aliphatic carbocycles. The smallest absolute Gasteiger partial charge is 0.245 e. The van der Waals surface area contributed by atoms with Crippen LogP contribution in [0.2, 0.25) is 10.1 Å². The van der Waals surface area contributed by atoms with Gasteiger partial charge in [-0.1, -0.05) is 163 Å². The number of rotatable bonds is 4. The Labute approximate surface area is 233 Å². The first-order chi connectivity index (χ1) is 16.2.